The van der Waals surface area contributed by atoms with Crippen molar-refractivity contribution >= 4 is 15.9 Å². The fraction of sp³-hybridized carbons (Fsp3) is 0.778. The number of ether oxygens (including phenoxy) is 1. The molecule has 11 heavy (non-hydrogen) atoms. The zero-order chi connectivity index (χ0) is 8.36. The number of allylic oxidation sites excluding steroid dienone is 1. The summed E-state index contributed by atoms with van der Waals surface area (Å²) in [7, 11) is 0. The van der Waals surface area contributed by atoms with Crippen LogP contribution in [-0.2, 0) is 4.74 Å². The highest BCUT2D eigenvalue weighted by Crippen LogP contribution is 1.96. The second kappa shape index (κ2) is 10.2. The second-order valence-electron chi connectivity index (χ2n) is 2.44. The van der Waals surface area contributed by atoms with E-state index in [1.165, 1.54) is 12.8 Å². The van der Waals surface area contributed by atoms with Crippen LogP contribution in [0.3, 0.4) is 0 Å². The van der Waals surface area contributed by atoms with E-state index in [1.807, 2.05) is 6.08 Å². The summed E-state index contributed by atoms with van der Waals surface area (Å²) in [5.74, 6) is 0. The maximum Gasteiger partial charge on any atom is 0.0468 e. The first kappa shape index (κ1) is 11.2. The van der Waals surface area contributed by atoms with Crippen molar-refractivity contribution in [2.24, 2.45) is 0 Å². The highest BCUT2D eigenvalue weighted by molar-refractivity contribution is 9.09. The van der Waals surface area contributed by atoms with Gasteiger partial charge in [-0.05, 0) is 25.7 Å². The average molecular weight is 221 g/mol. The van der Waals surface area contributed by atoms with Gasteiger partial charge in [0.2, 0.25) is 0 Å². The quantitative estimate of drug-likeness (QED) is 0.347. The molecule has 1 nitrogen and oxygen atoms in total. The number of hydrogen-bond donors (Lipinski definition) is 0. The van der Waals surface area contributed by atoms with Crippen molar-refractivity contribution in [1.29, 1.82) is 0 Å². The van der Waals surface area contributed by atoms with Crippen molar-refractivity contribution < 1.29 is 4.74 Å². The lowest BCUT2D eigenvalue weighted by Crippen LogP contribution is -1.96. The zero-order valence-electron chi connectivity index (χ0n) is 7.02. The molecule has 0 aliphatic rings. The molecule has 0 N–H and O–H groups in total. The van der Waals surface area contributed by atoms with E-state index in [2.05, 4.69) is 22.5 Å². The number of alkyl halides is 1. The molecular weight excluding hydrogens is 204 g/mol. The van der Waals surface area contributed by atoms with Crippen LogP contribution in [0, 0.1) is 0 Å². The molecule has 0 aromatic rings. The summed E-state index contributed by atoms with van der Waals surface area (Å²) in [5.41, 5.74) is 0. The lowest BCUT2D eigenvalue weighted by Gasteiger charge is -2.00. The molecule has 0 rings (SSSR count). The molecule has 0 spiro atoms. The molecule has 0 heterocycles. The summed E-state index contributed by atoms with van der Waals surface area (Å²) < 4.78 is 5.37. The van der Waals surface area contributed by atoms with Crippen molar-refractivity contribution in [2.45, 2.75) is 25.7 Å². The Labute approximate surface area is 78.0 Å². The summed E-state index contributed by atoms with van der Waals surface area (Å²) in [6.45, 7) is 5.43. The minimum atomic E-state index is 0.883. The van der Waals surface area contributed by atoms with Gasteiger partial charge in [-0.1, -0.05) is 22.0 Å². The van der Waals surface area contributed by atoms with Gasteiger partial charge in [-0.2, -0.15) is 0 Å². The molecule has 0 fully saturated rings. The van der Waals surface area contributed by atoms with E-state index in [9.17, 15) is 0 Å². The first-order valence-corrected chi connectivity index (χ1v) is 5.28. The maximum atomic E-state index is 5.37. The van der Waals surface area contributed by atoms with E-state index in [0.29, 0.717) is 0 Å². The molecule has 66 valence electrons. The summed E-state index contributed by atoms with van der Waals surface area (Å²) >= 11 is 3.37. The van der Waals surface area contributed by atoms with E-state index in [0.717, 1.165) is 31.4 Å². The van der Waals surface area contributed by atoms with Crippen LogP contribution in [0.1, 0.15) is 25.7 Å². The summed E-state index contributed by atoms with van der Waals surface area (Å²) in [6, 6.07) is 0. The van der Waals surface area contributed by atoms with Crippen LogP contribution in [0.2, 0.25) is 0 Å². The molecule has 0 aliphatic heterocycles. The van der Waals surface area contributed by atoms with Crippen LogP contribution in [0.4, 0.5) is 0 Å². The summed E-state index contributed by atoms with van der Waals surface area (Å²) in [5, 5.41) is 1.09. The molecule has 2 heteroatoms. The Balaban J connectivity index is 2.74. The minimum absolute atomic E-state index is 0.883. The van der Waals surface area contributed by atoms with Gasteiger partial charge >= 0.3 is 0 Å². The Bertz CT molecular complexity index is 83.6. The van der Waals surface area contributed by atoms with Crippen molar-refractivity contribution in [1.82, 2.24) is 0 Å². The third-order valence-electron chi connectivity index (χ3n) is 1.37. The third-order valence-corrected chi connectivity index (χ3v) is 1.93. The van der Waals surface area contributed by atoms with Gasteiger partial charge in [0.25, 0.3) is 0 Å². The number of hydrogen-bond acceptors (Lipinski definition) is 1. The van der Waals surface area contributed by atoms with Crippen LogP contribution in [0.15, 0.2) is 12.7 Å². The molecule has 0 amide bonds. The standard InChI is InChI=1S/C9H17BrO/c1-2-3-5-8-11-9-6-4-7-10/h2H,1,3-9H2. The van der Waals surface area contributed by atoms with Gasteiger partial charge in [0.1, 0.15) is 0 Å². The number of halogens is 1. The van der Waals surface area contributed by atoms with E-state index < -0.39 is 0 Å². The van der Waals surface area contributed by atoms with Gasteiger partial charge in [-0.25, -0.2) is 0 Å². The Morgan fingerprint density at radius 2 is 1.91 bits per heavy atom. The predicted molar refractivity (Wildman–Crippen MR) is 53.3 cm³/mol. The molecule has 0 bridgehead atoms. The molecule has 0 saturated carbocycles. The Morgan fingerprint density at radius 3 is 2.55 bits per heavy atom. The fourth-order valence-electron chi connectivity index (χ4n) is 0.730. The minimum Gasteiger partial charge on any atom is -0.381 e. The Kier molecular flexibility index (Phi) is 10.3. The van der Waals surface area contributed by atoms with Crippen molar-refractivity contribution in [2.75, 3.05) is 18.5 Å². The van der Waals surface area contributed by atoms with Crippen LogP contribution < -0.4 is 0 Å². The molecule has 0 radical (unpaired) electrons. The normalized spacial score (nSPS) is 9.91. The van der Waals surface area contributed by atoms with Crippen molar-refractivity contribution in [3.8, 4) is 0 Å². The predicted octanol–water partition coefficient (Wildman–Crippen LogP) is 3.14. The van der Waals surface area contributed by atoms with Gasteiger partial charge in [-0.15, -0.1) is 6.58 Å². The SMILES string of the molecule is C=CCCCOCCCCBr. The number of rotatable bonds is 8. The monoisotopic (exact) mass is 220 g/mol. The largest absolute Gasteiger partial charge is 0.381 e. The number of unbranched alkanes of at least 4 members (excludes halogenated alkanes) is 2. The molecule has 0 aliphatic carbocycles. The molecule has 0 aromatic carbocycles. The molecule has 0 saturated heterocycles. The smallest absolute Gasteiger partial charge is 0.0468 e. The maximum absolute atomic E-state index is 5.37. The van der Waals surface area contributed by atoms with Crippen LogP contribution in [0.5, 0.6) is 0 Å². The average Bonchev–Trinajstić information content (AvgIpc) is 2.03. The highest BCUT2D eigenvalue weighted by atomic mass is 79.9. The van der Waals surface area contributed by atoms with Crippen molar-refractivity contribution in [3.63, 3.8) is 0 Å². The van der Waals surface area contributed by atoms with E-state index >= 15 is 0 Å². The van der Waals surface area contributed by atoms with E-state index in [-0.39, 0.29) is 0 Å². The zero-order valence-corrected chi connectivity index (χ0v) is 8.61. The van der Waals surface area contributed by atoms with Crippen LogP contribution in [0.25, 0.3) is 0 Å². The van der Waals surface area contributed by atoms with Crippen LogP contribution in [-0.4, -0.2) is 18.5 Å². The van der Waals surface area contributed by atoms with Gasteiger partial charge in [-0.3, -0.25) is 0 Å². The van der Waals surface area contributed by atoms with Gasteiger partial charge in [0.05, 0.1) is 0 Å². The fourth-order valence-corrected chi connectivity index (χ4v) is 1.13. The first-order chi connectivity index (χ1) is 5.41. The van der Waals surface area contributed by atoms with Crippen molar-refractivity contribution in [3.05, 3.63) is 12.7 Å². The highest BCUT2D eigenvalue weighted by Gasteiger charge is 1.87. The van der Waals surface area contributed by atoms with Gasteiger partial charge < -0.3 is 4.74 Å². The molecular formula is C9H17BrO. The van der Waals surface area contributed by atoms with Crippen LogP contribution >= 0.6 is 15.9 Å². The lowest BCUT2D eigenvalue weighted by molar-refractivity contribution is 0.130. The topological polar surface area (TPSA) is 9.23 Å². The lowest BCUT2D eigenvalue weighted by atomic mass is 10.3. The Hall–Kier alpha value is 0.180. The second-order valence-corrected chi connectivity index (χ2v) is 3.23. The van der Waals surface area contributed by atoms with E-state index in [4.69, 9.17) is 4.74 Å². The molecule has 0 unspecified atom stereocenters. The molecule has 0 atom stereocenters. The third kappa shape index (κ3) is 10.2. The Morgan fingerprint density at radius 1 is 1.18 bits per heavy atom. The van der Waals surface area contributed by atoms with E-state index in [1.54, 1.807) is 0 Å². The summed E-state index contributed by atoms with van der Waals surface area (Å²) in [6.07, 6.45) is 6.49. The van der Waals surface area contributed by atoms with Gasteiger partial charge in [0, 0.05) is 18.5 Å². The first-order valence-electron chi connectivity index (χ1n) is 4.16. The molecule has 0 aromatic heterocycles. The summed E-state index contributed by atoms with van der Waals surface area (Å²) in [4.78, 5) is 0. The van der Waals surface area contributed by atoms with Gasteiger partial charge in [0.15, 0.2) is 0 Å².